The van der Waals surface area contributed by atoms with E-state index in [1.807, 2.05) is 25.1 Å². The van der Waals surface area contributed by atoms with E-state index in [1.54, 1.807) is 44.9 Å². The number of benzene rings is 2. The van der Waals surface area contributed by atoms with Gasteiger partial charge in [-0.05, 0) is 51.3 Å². The first-order chi connectivity index (χ1) is 17.5. The Morgan fingerprint density at radius 1 is 1.16 bits per heavy atom. The summed E-state index contributed by atoms with van der Waals surface area (Å²) in [5, 5.41) is 14.1. The molecule has 2 aromatic carbocycles. The van der Waals surface area contributed by atoms with Crippen LogP contribution < -0.4 is 5.32 Å². The van der Waals surface area contributed by atoms with E-state index in [9.17, 15) is 24.5 Å². The number of ether oxygens (including phenoxy) is 1. The number of non-ortho nitro benzene ring substituents is 1. The van der Waals surface area contributed by atoms with Crippen molar-refractivity contribution in [1.82, 2.24) is 15.1 Å². The molecule has 1 atom stereocenters. The third-order valence-electron chi connectivity index (χ3n) is 6.12. The molecule has 0 saturated carbocycles. The van der Waals surface area contributed by atoms with Crippen molar-refractivity contribution in [2.45, 2.75) is 46.3 Å². The third kappa shape index (κ3) is 6.32. The molecule has 3 rings (SSSR count). The highest BCUT2D eigenvalue weighted by atomic mass is 16.6. The summed E-state index contributed by atoms with van der Waals surface area (Å²) < 4.78 is 5.45. The third-order valence-corrected chi connectivity index (χ3v) is 6.12. The van der Waals surface area contributed by atoms with Crippen LogP contribution in [-0.2, 0) is 9.53 Å². The fourth-order valence-electron chi connectivity index (χ4n) is 4.30. The molecule has 196 valence electrons. The highest BCUT2D eigenvalue weighted by molar-refractivity contribution is 5.96. The van der Waals surface area contributed by atoms with E-state index in [1.165, 1.54) is 23.1 Å². The Labute approximate surface area is 216 Å². The highest BCUT2D eigenvalue weighted by Gasteiger charge is 2.39. The van der Waals surface area contributed by atoms with Crippen LogP contribution in [0.25, 0.3) is 0 Å². The van der Waals surface area contributed by atoms with Gasteiger partial charge in [-0.15, -0.1) is 0 Å². The number of hydrogen-bond donors (Lipinski definition) is 1. The van der Waals surface area contributed by atoms with Crippen molar-refractivity contribution < 1.29 is 24.0 Å². The number of amides is 3. The van der Waals surface area contributed by atoms with Crippen LogP contribution in [0.5, 0.6) is 0 Å². The summed E-state index contributed by atoms with van der Waals surface area (Å²) >= 11 is 0. The van der Waals surface area contributed by atoms with E-state index >= 15 is 0 Å². The van der Waals surface area contributed by atoms with Crippen LogP contribution in [0.3, 0.4) is 0 Å². The Balaban J connectivity index is 1.89. The van der Waals surface area contributed by atoms with Crippen molar-refractivity contribution in [3.8, 4) is 0 Å². The Morgan fingerprint density at radius 3 is 2.51 bits per heavy atom. The number of nitro groups is 1. The Kier molecular flexibility index (Phi) is 8.65. The number of nitrogens with one attached hydrogen (secondary N) is 1. The van der Waals surface area contributed by atoms with Gasteiger partial charge in [-0.3, -0.25) is 14.9 Å². The molecule has 2 aromatic rings. The van der Waals surface area contributed by atoms with E-state index < -0.39 is 29.1 Å². The molecule has 1 aliphatic rings. The van der Waals surface area contributed by atoms with E-state index in [0.29, 0.717) is 29.8 Å². The van der Waals surface area contributed by atoms with Gasteiger partial charge in [0.25, 0.3) is 11.6 Å². The molecule has 0 bridgehead atoms. The number of urea groups is 1. The van der Waals surface area contributed by atoms with Gasteiger partial charge in [0.1, 0.15) is 0 Å². The molecular formula is C27H32N4O6. The lowest BCUT2D eigenvalue weighted by Crippen LogP contribution is -2.49. The predicted octanol–water partition coefficient (Wildman–Crippen LogP) is 4.36. The van der Waals surface area contributed by atoms with Crippen molar-refractivity contribution >= 4 is 23.6 Å². The second-order valence-corrected chi connectivity index (χ2v) is 9.27. The number of carbonyl (C=O) groups excluding carboxylic acids is 3. The Bertz CT molecular complexity index is 1240. The molecule has 1 unspecified atom stereocenters. The van der Waals surface area contributed by atoms with Crippen LogP contribution in [-0.4, -0.2) is 58.9 Å². The lowest BCUT2D eigenvalue weighted by Gasteiger charge is -2.38. The van der Waals surface area contributed by atoms with Crippen LogP contribution in [0.1, 0.15) is 54.7 Å². The monoisotopic (exact) mass is 508 g/mol. The molecule has 1 aliphatic heterocycles. The van der Waals surface area contributed by atoms with Gasteiger partial charge in [-0.25, -0.2) is 9.59 Å². The first-order valence-corrected chi connectivity index (χ1v) is 12.1. The van der Waals surface area contributed by atoms with E-state index in [0.717, 1.165) is 5.56 Å². The number of allylic oxidation sites excluding steroid dienone is 1. The van der Waals surface area contributed by atoms with E-state index in [2.05, 4.69) is 5.32 Å². The minimum Gasteiger partial charge on any atom is -0.459 e. The second kappa shape index (κ2) is 11.7. The molecule has 1 heterocycles. The summed E-state index contributed by atoms with van der Waals surface area (Å²) in [6, 6.07) is 11.9. The lowest BCUT2D eigenvalue weighted by atomic mass is 9.93. The van der Waals surface area contributed by atoms with Crippen LogP contribution in [0, 0.1) is 17.0 Å². The zero-order valence-electron chi connectivity index (χ0n) is 21.7. The van der Waals surface area contributed by atoms with Crippen molar-refractivity contribution in [3.05, 3.63) is 86.6 Å². The van der Waals surface area contributed by atoms with Gasteiger partial charge < -0.3 is 19.9 Å². The molecule has 10 nitrogen and oxygen atoms in total. The zero-order valence-corrected chi connectivity index (χ0v) is 21.7. The Morgan fingerprint density at radius 2 is 1.86 bits per heavy atom. The Hall–Kier alpha value is -4.21. The molecule has 3 amide bonds. The first kappa shape index (κ1) is 27.4. The maximum Gasteiger partial charge on any atom is 0.338 e. The van der Waals surface area contributed by atoms with E-state index in [-0.39, 0.29) is 23.7 Å². The van der Waals surface area contributed by atoms with Crippen molar-refractivity contribution in [3.63, 3.8) is 0 Å². The first-order valence-electron chi connectivity index (χ1n) is 12.1. The summed E-state index contributed by atoms with van der Waals surface area (Å²) in [7, 11) is 1.69. The molecule has 37 heavy (non-hydrogen) atoms. The van der Waals surface area contributed by atoms with Crippen LogP contribution in [0.15, 0.2) is 59.8 Å². The molecule has 0 spiro atoms. The van der Waals surface area contributed by atoms with Gasteiger partial charge in [-0.1, -0.05) is 30.3 Å². The average Bonchev–Trinajstić information content (AvgIpc) is 2.84. The SMILES string of the molecule is CC1=C(C(=O)OC(C)C)C(c2cccc([N+](=O)[O-])c2)N(CCCN(C)C(=O)c2ccccc2C)C(=O)N1. The molecular weight excluding hydrogens is 476 g/mol. The molecule has 0 fully saturated rings. The summed E-state index contributed by atoms with van der Waals surface area (Å²) in [6.07, 6.45) is 0.0177. The summed E-state index contributed by atoms with van der Waals surface area (Å²) in [5.74, 6) is -0.741. The fourth-order valence-corrected chi connectivity index (χ4v) is 4.30. The minimum absolute atomic E-state index is 0.131. The minimum atomic E-state index is -0.891. The maximum absolute atomic E-state index is 13.1. The van der Waals surface area contributed by atoms with Gasteiger partial charge in [-0.2, -0.15) is 0 Å². The van der Waals surface area contributed by atoms with Gasteiger partial charge in [0.2, 0.25) is 0 Å². The number of hydrogen-bond acceptors (Lipinski definition) is 6. The van der Waals surface area contributed by atoms with Crippen LogP contribution >= 0.6 is 0 Å². The largest absolute Gasteiger partial charge is 0.459 e. The second-order valence-electron chi connectivity index (χ2n) is 9.27. The molecule has 10 heteroatoms. The average molecular weight is 509 g/mol. The van der Waals surface area contributed by atoms with E-state index in [4.69, 9.17) is 4.74 Å². The van der Waals surface area contributed by atoms with Gasteiger partial charge in [0.15, 0.2) is 0 Å². The van der Waals surface area contributed by atoms with Gasteiger partial charge in [0, 0.05) is 43.5 Å². The van der Waals surface area contributed by atoms with Crippen molar-refractivity contribution in [2.75, 3.05) is 20.1 Å². The highest BCUT2D eigenvalue weighted by Crippen LogP contribution is 2.36. The fraction of sp³-hybridized carbons (Fsp3) is 0.370. The standard InChI is InChI=1S/C27H32N4O6/c1-17(2)37-26(33)23-19(4)28-27(34)30(24(23)20-11-8-12-21(16-20)31(35)36)15-9-14-29(5)25(32)22-13-7-6-10-18(22)3/h6-8,10-13,16-17,24H,9,14-15H2,1-5H3,(H,28,34). The zero-order chi connectivity index (χ0) is 27.3. The smallest absolute Gasteiger partial charge is 0.338 e. The molecule has 0 radical (unpaired) electrons. The molecule has 1 N–H and O–H groups in total. The van der Waals surface area contributed by atoms with Crippen LogP contribution in [0.4, 0.5) is 10.5 Å². The number of esters is 1. The summed E-state index contributed by atoms with van der Waals surface area (Å²) in [6.45, 7) is 7.46. The number of nitrogens with zero attached hydrogens (tertiary/aromatic N) is 3. The maximum atomic E-state index is 13.1. The molecule has 0 aliphatic carbocycles. The lowest BCUT2D eigenvalue weighted by molar-refractivity contribution is -0.384. The normalized spacial score (nSPS) is 15.5. The number of carbonyl (C=O) groups is 3. The van der Waals surface area contributed by atoms with Gasteiger partial charge in [0.05, 0.1) is 22.6 Å². The molecule has 0 saturated heterocycles. The topological polar surface area (TPSA) is 122 Å². The summed E-state index contributed by atoms with van der Waals surface area (Å²) in [5.41, 5.74) is 2.28. The van der Waals surface area contributed by atoms with Crippen molar-refractivity contribution in [1.29, 1.82) is 0 Å². The number of nitro benzene ring substituents is 1. The van der Waals surface area contributed by atoms with Gasteiger partial charge >= 0.3 is 12.0 Å². The number of rotatable bonds is 9. The molecule has 0 aromatic heterocycles. The quantitative estimate of drug-likeness (QED) is 0.305. The summed E-state index contributed by atoms with van der Waals surface area (Å²) in [4.78, 5) is 53.0. The van der Waals surface area contributed by atoms with Crippen LogP contribution in [0.2, 0.25) is 0 Å². The van der Waals surface area contributed by atoms with Crippen molar-refractivity contribution in [2.24, 2.45) is 0 Å². The number of aryl methyl sites for hydroxylation is 1. The predicted molar refractivity (Wildman–Crippen MR) is 138 cm³/mol.